The molecule has 1 heterocycles. The molecular weight excluding hydrogens is 238 g/mol. The molecule has 0 aliphatic rings. The number of hydrogen-bond donors (Lipinski definition) is 0. The number of carbonyl (C=O) groups excluding carboxylic acids is 2. The molecule has 0 saturated heterocycles. The molecule has 1 atom stereocenters. The molecule has 3 nitrogen and oxygen atoms in total. The van der Waals surface area contributed by atoms with Crippen LogP contribution in [-0.4, -0.2) is 17.1 Å². The van der Waals surface area contributed by atoms with Crippen LogP contribution in [0.1, 0.15) is 22.5 Å². The van der Waals surface area contributed by atoms with Crippen molar-refractivity contribution in [2.24, 2.45) is 5.92 Å². The Morgan fingerprint density at radius 3 is 2.47 bits per heavy atom. The van der Waals surface area contributed by atoms with Crippen LogP contribution in [-0.2, 0) is 11.2 Å². The first-order chi connectivity index (χ1) is 9.29. The van der Waals surface area contributed by atoms with Crippen LogP contribution >= 0.6 is 0 Å². The smallest absolute Gasteiger partial charge is 0.202 e. The van der Waals surface area contributed by atoms with Gasteiger partial charge in [0.2, 0.25) is 6.29 Å². The summed E-state index contributed by atoms with van der Waals surface area (Å²) in [7, 11) is 0. The molecule has 95 valence electrons. The zero-order valence-electron chi connectivity index (χ0n) is 10.5. The third kappa shape index (κ3) is 3.85. The molecule has 0 spiro atoms. The van der Waals surface area contributed by atoms with Gasteiger partial charge in [-0.15, -0.1) is 0 Å². The minimum Gasteiger partial charge on any atom is -0.292 e. The summed E-state index contributed by atoms with van der Waals surface area (Å²) in [5.41, 5.74) is 1.43. The van der Waals surface area contributed by atoms with Crippen LogP contribution in [0.15, 0.2) is 54.7 Å². The van der Waals surface area contributed by atoms with Crippen LogP contribution in [0.3, 0.4) is 0 Å². The summed E-state index contributed by atoms with van der Waals surface area (Å²) in [5.74, 6) is -0.540. The Hall–Kier alpha value is -2.29. The Labute approximate surface area is 112 Å². The fourth-order valence-corrected chi connectivity index (χ4v) is 1.91. The fraction of sp³-hybridized carbons (Fsp3) is 0.188. The van der Waals surface area contributed by atoms with Crippen molar-refractivity contribution in [3.05, 3.63) is 66.0 Å². The summed E-state index contributed by atoms with van der Waals surface area (Å²) in [4.78, 5) is 26.9. The summed E-state index contributed by atoms with van der Waals surface area (Å²) < 4.78 is 0. The van der Waals surface area contributed by atoms with E-state index in [9.17, 15) is 9.59 Å². The monoisotopic (exact) mass is 252 g/mol. The largest absolute Gasteiger partial charge is 0.292 e. The van der Waals surface area contributed by atoms with Crippen molar-refractivity contribution < 1.29 is 9.59 Å². The van der Waals surface area contributed by atoms with E-state index < -0.39 is 5.92 Å². The van der Waals surface area contributed by atoms with Gasteiger partial charge in [-0.05, 0) is 24.1 Å². The Balaban J connectivity index is 2.00. The quantitative estimate of drug-likeness (QED) is 0.742. The van der Waals surface area contributed by atoms with Gasteiger partial charge in [0.1, 0.15) is 5.69 Å². The van der Waals surface area contributed by atoms with E-state index in [1.54, 1.807) is 24.4 Å². The predicted octanol–water partition coefficient (Wildman–Crippen LogP) is 2.62. The Morgan fingerprint density at radius 2 is 1.84 bits per heavy atom. The molecule has 2 rings (SSSR count). The normalized spacial score (nSPS) is 11.8. The summed E-state index contributed by atoms with van der Waals surface area (Å²) in [5, 5.41) is 0. The lowest BCUT2D eigenvalue weighted by Crippen LogP contribution is -2.13. The van der Waals surface area contributed by atoms with E-state index in [1.165, 1.54) is 0 Å². The van der Waals surface area contributed by atoms with Gasteiger partial charge in [-0.3, -0.25) is 14.6 Å². The van der Waals surface area contributed by atoms with Gasteiger partial charge < -0.3 is 0 Å². The summed E-state index contributed by atoms with van der Waals surface area (Å²) in [6.45, 7) is 0. The van der Waals surface area contributed by atoms with Crippen LogP contribution in [0.25, 0.3) is 0 Å². The number of hydrogen-bond acceptors (Lipinski definition) is 3. The lowest BCUT2D eigenvalue weighted by Gasteiger charge is -2.08. The number of ketones is 1. The van der Waals surface area contributed by atoms with Gasteiger partial charge in [-0.25, -0.2) is 0 Å². The highest BCUT2D eigenvalue weighted by atomic mass is 16.1. The summed E-state index contributed by atoms with van der Waals surface area (Å²) in [6, 6.07) is 14.8. The Bertz CT molecular complexity index is 537. The Kier molecular flexibility index (Phi) is 4.56. The zero-order valence-corrected chi connectivity index (χ0v) is 10.5. The third-order valence-corrected chi connectivity index (χ3v) is 2.87. The Morgan fingerprint density at radius 1 is 1.11 bits per heavy atom. The first-order valence-electron chi connectivity index (χ1n) is 6.15. The van der Waals surface area contributed by atoms with E-state index >= 15 is 0 Å². The second-order valence-corrected chi connectivity index (χ2v) is 4.35. The minimum atomic E-state index is -0.420. The van der Waals surface area contributed by atoms with Gasteiger partial charge >= 0.3 is 0 Å². The van der Waals surface area contributed by atoms with Gasteiger partial charge in [-0.1, -0.05) is 36.4 Å². The maximum atomic E-state index is 12.0. The van der Waals surface area contributed by atoms with Crippen molar-refractivity contribution in [2.45, 2.75) is 12.8 Å². The lowest BCUT2D eigenvalue weighted by atomic mass is 9.94. The van der Waals surface area contributed by atoms with Crippen molar-refractivity contribution in [3.8, 4) is 0 Å². The van der Waals surface area contributed by atoms with Gasteiger partial charge in [0.05, 0.1) is 0 Å². The summed E-state index contributed by atoms with van der Waals surface area (Å²) in [6.07, 6.45) is 4.20. The van der Waals surface area contributed by atoms with Crippen molar-refractivity contribution >= 4 is 12.1 Å². The molecule has 0 aliphatic heterocycles. The molecular formula is C16H14NO2. The van der Waals surface area contributed by atoms with Crippen LogP contribution in [0.5, 0.6) is 0 Å². The second kappa shape index (κ2) is 6.59. The van der Waals surface area contributed by atoms with Crippen LogP contribution in [0.2, 0.25) is 0 Å². The topological polar surface area (TPSA) is 47.0 Å². The molecule has 2 aromatic rings. The molecule has 0 fully saturated rings. The molecule has 1 radical (unpaired) electrons. The van der Waals surface area contributed by atoms with Gasteiger partial charge in [0.15, 0.2) is 5.78 Å². The average molecular weight is 252 g/mol. The van der Waals surface area contributed by atoms with Gasteiger partial charge in [0.25, 0.3) is 0 Å². The lowest BCUT2D eigenvalue weighted by molar-refractivity contribution is 0.0966. The fourth-order valence-electron chi connectivity index (χ4n) is 1.91. The number of aromatic nitrogens is 1. The van der Waals surface area contributed by atoms with Gasteiger partial charge in [0, 0.05) is 18.5 Å². The van der Waals surface area contributed by atoms with E-state index in [4.69, 9.17) is 0 Å². The molecule has 19 heavy (non-hydrogen) atoms. The van der Waals surface area contributed by atoms with Gasteiger partial charge in [-0.2, -0.15) is 0 Å². The number of benzene rings is 1. The van der Waals surface area contributed by atoms with E-state index in [0.717, 1.165) is 5.56 Å². The second-order valence-electron chi connectivity index (χ2n) is 4.35. The first kappa shape index (κ1) is 13.1. The number of pyridine rings is 1. The van der Waals surface area contributed by atoms with Crippen molar-refractivity contribution in [1.82, 2.24) is 4.98 Å². The van der Waals surface area contributed by atoms with E-state index in [-0.39, 0.29) is 12.2 Å². The third-order valence-electron chi connectivity index (χ3n) is 2.87. The maximum absolute atomic E-state index is 12.0. The van der Waals surface area contributed by atoms with E-state index in [1.807, 2.05) is 36.6 Å². The van der Waals surface area contributed by atoms with E-state index in [2.05, 4.69) is 4.98 Å². The standard InChI is InChI=1S/C16H14NO2/c18-12-14(10-13-6-2-1-3-7-13)11-16(19)15-8-4-5-9-17-15/h1-9,14H,10-11H2. The van der Waals surface area contributed by atoms with Crippen molar-refractivity contribution in [3.63, 3.8) is 0 Å². The molecule has 0 bridgehead atoms. The van der Waals surface area contributed by atoms with Crippen molar-refractivity contribution in [2.75, 3.05) is 0 Å². The number of rotatable bonds is 6. The highest BCUT2D eigenvalue weighted by molar-refractivity contribution is 5.95. The maximum Gasteiger partial charge on any atom is 0.202 e. The number of carbonyl (C=O) groups is 1. The van der Waals surface area contributed by atoms with Crippen LogP contribution in [0, 0.1) is 5.92 Å². The number of Topliss-reactive ketones (excluding diaryl/α,β-unsaturated/α-hetero) is 1. The van der Waals surface area contributed by atoms with E-state index in [0.29, 0.717) is 12.1 Å². The highest BCUT2D eigenvalue weighted by Gasteiger charge is 2.16. The average Bonchev–Trinajstić information content (AvgIpc) is 2.48. The molecule has 1 unspecified atom stereocenters. The summed E-state index contributed by atoms with van der Waals surface area (Å²) >= 11 is 0. The first-order valence-corrected chi connectivity index (χ1v) is 6.15. The van der Waals surface area contributed by atoms with Crippen LogP contribution in [0.4, 0.5) is 0 Å². The molecule has 1 aromatic heterocycles. The molecule has 3 heteroatoms. The molecule has 1 aromatic carbocycles. The minimum absolute atomic E-state index is 0.120. The predicted molar refractivity (Wildman–Crippen MR) is 72.5 cm³/mol. The zero-order chi connectivity index (χ0) is 13.5. The molecule has 0 saturated carbocycles. The van der Waals surface area contributed by atoms with Crippen molar-refractivity contribution in [1.29, 1.82) is 0 Å². The molecule has 0 amide bonds. The molecule has 0 aliphatic carbocycles. The molecule has 0 N–H and O–H groups in total. The number of nitrogens with zero attached hydrogens (tertiary/aromatic N) is 1. The SMILES string of the molecule is O=[C]C(CC(=O)c1ccccn1)Cc1ccccc1. The highest BCUT2D eigenvalue weighted by Crippen LogP contribution is 2.13. The van der Waals surface area contributed by atoms with Crippen LogP contribution < -0.4 is 0 Å².